The van der Waals surface area contributed by atoms with Crippen LogP contribution in [0, 0.1) is 6.92 Å². The summed E-state index contributed by atoms with van der Waals surface area (Å²) in [6.07, 6.45) is 5.21. The van der Waals surface area contributed by atoms with E-state index in [4.69, 9.17) is 4.42 Å². The van der Waals surface area contributed by atoms with Gasteiger partial charge in [0.15, 0.2) is 5.89 Å². The molecule has 23 heavy (non-hydrogen) atoms. The minimum Gasteiger partial charge on any atom is -0.449 e. The molecule has 1 aliphatic rings. The van der Waals surface area contributed by atoms with Gasteiger partial charge in [-0.15, -0.1) is 0 Å². The Morgan fingerprint density at radius 1 is 1.17 bits per heavy atom. The van der Waals surface area contributed by atoms with Crippen LogP contribution in [0.1, 0.15) is 11.6 Å². The van der Waals surface area contributed by atoms with E-state index in [1.54, 1.807) is 12.6 Å². The molecular weight excluding hydrogens is 290 g/mol. The van der Waals surface area contributed by atoms with Crippen LogP contribution in [0.2, 0.25) is 0 Å². The molecule has 0 spiro atoms. The number of anilines is 1. The van der Waals surface area contributed by atoms with E-state index in [0.29, 0.717) is 0 Å². The van der Waals surface area contributed by atoms with Crippen LogP contribution in [0.3, 0.4) is 0 Å². The maximum atomic E-state index is 5.28. The number of oxazole rings is 1. The van der Waals surface area contributed by atoms with E-state index in [1.165, 1.54) is 5.69 Å². The van der Waals surface area contributed by atoms with Gasteiger partial charge in [0.25, 0.3) is 0 Å². The average Bonchev–Trinajstić information content (AvgIpc) is 3.00. The molecule has 1 aliphatic heterocycles. The minimum atomic E-state index is 0.733. The van der Waals surface area contributed by atoms with E-state index in [-0.39, 0.29) is 0 Å². The average molecular weight is 309 g/mol. The molecule has 0 radical (unpaired) electrons. The van der Waals surface area contributed by atoms with Gasteiger partial charge in [-0.1, -0.05) is 0 Å². The van der Waals surface area contributed by atoms with Gasteiger partial charge in [-0.2, -0.15) is 0 Å². The Hall–Kier alpha value is -2.47. The molecule has 3 aromatic rings. The fourth-order valence-corrected chi connectivity index (χ4v) is 3.04. The number of aryl methyl sites for hydroxylation is 1. The smallest absolute Gasteiger partial charge is 0.191 e. The topological polar surface area (TPSA) is 58.3 Å². The largest absolute Gasteiger partial charge is 0.449 e. The van der Waals surface area contributed by atoms with Crippen molar-refractivity contribution in [3.05, 3.63) is 48.6 Å². The number of rotatable bonds is 3. The number of aromatic nitrogens is 3. The lowest BCUT2D eigenvalue weighted by Gasteiger charge is -2.35. The maximum Gasteiger partial charge on any atom is 0.191 e. The molecule has 0 aliphatic carbocycles. The standard InChI is InChI=1S/C17H19N5O/c1-13-20-15(11-23-13)10-21-4-6-22(7-5-21)16-2-3-17-14(8-16)9-18-12-19-17/h2-3,8-9,11-12H,4-7,10H2,1H3. The first-order chi connectivity index (χ1) is 11.3. The van der Waals surface area contributed by atoms with Gasteiger partial charge in [0.1, 0.15) is 12.6 Å². The normalized spacial score (nSPS) is 16.1. The molecule has 1 saturated heterocycles. The zero-order valence-electron chi connectivity index (χ0n) is 13.1. The molecule has 6 nitrogen and oxygen atoms in total. The van der Waals surface area contributed by atoms with E-state index in [9.17, 15) is 0 Å². The van der Waals surface area contributed by atoms with Gasteiger partial charge >= 0.3 is 0 Å². The summed E-state index contributed by atoms with van der Waals surface area (Å²) in [5, 5.41) is 1.09. The number of hydrogen-bond acceptors (Lipinski definition) is 6. The van der Waals surface area contributed by atoms with Crippen molar-refractivity contribution in [1.29, 1.82) is 0 Å². The number of benzene rings is 1. The molecule has 0 saturated carbocycles. The minimum absolute atomic E-state index is 0.733. The molecule has 0 N–H and O–H groups in total. The Morgan fingerprint density at radius 3 is 2.83 bits per heavy atom. The van der Waals surface area contributed by atoms with Crippen molar-refractivity contribution in [2.75, 3.05) is 31.1 Å². The molecule has 1 aromatic carbocycles. The van der Waals surface area contributed by atoms with Crippen molar-refractivity contribution in [2.45, 2.75) is 13.5 Å². The summed E-state index contributed by atoms with van der Waals surface area (Å²) in [4.78, 5) is 17.6. The zero-order chi connectivity index (χ0) is 15.6. The first kappa shape index (κ1) is 14.1. The predicted octanol–water partition coefficient (Wildman–Crippen LogP) is 2.25. The predicted molar refractivity (Wildman–Crippen MR) is 88.3 cm³/mol. The third kappa shape index (κ3) is 3.03. The highest BCUT2D eigenvalue weighted by Gasteiger charge is 2.18. The van der Waals surface area contributed by atoms with Gasteiger partial charge < -0.3 is 9.32 Å². The van der Waals surface area contributed by atoms with Crippen LogP contribution in [-0.2, 0) is 6.54 Å². The quantitative estimate of drug-likeness (QED) is 0.739. The molecular formula is C17H19N5O. The number of piperazine rings is 1. The molecule has 2 aromatic heterocycles. The van der Waals surface area contributed by atoms with E-state index < -0.39 is 0 Å². The van der Waals surface area contributed by atoms with Crippen LogP contribution in [0.5, 0.6) is 0 Å². The molecule has 0 amide bonds. The summed E-state index contributed by atoms with van der Waals surface area (Å²) in [5.41, 5.74) is 3.24. The van der Waals surface area contributed by atoms with E-state index in [0.717, 1.165) is 55.2 Å². The van der Waals surface area contributed by atoms with Gasteiger partial charge in [0, 0.05) is 56.9 Å². The van der Waals surface area contributed by atoms with Crippen LogP contribution >= 0.6 is 0 Å². The lowest BCUT2D eigenvalue weighted by Crippen LogP contribution is -2.46. The van der Waals surface area contributed by atoms with Crippen LogP contribution in [-0.4, -0.2) is 46.0 Å². The fraction of sp³-hybridized carbons (Fsp3) is 0.353. The van der Waals surface area contributed by atoms with Crippen LogP contribution in [0.25, 0.3) is 10.9 Å². The Balaban J connectivity index is 1.42. The Morgan fingerprint density at radius 2 is 2.04 bits per heavy atom. The summed E-state index contributed by atoms with van der Waals surface area (Å²) < 4.78 is 5.28. The second-order valence-electron chi connectivity index (χ2n) is 5.89. The van der Waals surface area contributed by atoms with Crippen molar-refractivity contribution in [2.24, 2.45) is 0 Å². The maximum absolute atomic E-state index is 5.28. The molecule has 6 heteroatoms. The lowest BCUT2D eigenvalue weighted by molar-refractivity contribution is 0.247. The fourth-order valence-electron chi connectivity index (χ4n) is 3.04. The van der Waals surface area contributed by atoms with Gasteiger partial charge in [0.05, 0.1) is 11.2 Å². The summed E-state index contributed by atoms with van der Waals surface area (Å²) >= 11 is 0. The van der Waals surface area contributed by atoms with Gasteiger partial charge in [-0.3, -0.25) is 4.90 Å². The number of nitrogens with zero attached hydrogens (tertiary/aromatic N) is 5. The molecule has 3 heterocycles. The second-order valence-corrected chi connectivity index (χ2v) is 5.89. The van der Waals surface area contributed by atoms with Crippen molar-refractivity contribution in [1.82, 2.24) is 19.9 Å². The van der Waals surface area contributed by atoms with E-state index in [1.807, 2.05) is 13.1 Å². The van der Waals surface area contributed by atoms with Crippen LogP contribution in [0.4, 0.5) is 5.69 Å². The first-order valence-corrected chi connectivity index (χ1v) is 7.86. The van der Waals surface area contributed by atoms with Crippen molar-refractivity contribution >= 4 is 16.6 Å². The Bertz CT molecular complexity index is 807. The Labute approximate surface area is 134 Å². The SMILES string of the molecule is Cc1nc(CN2CCN(c3ccc4ncncc4c3)CC2)co1. The third-order valence-electron chi connectivity index (χ3n) is 4.28. The van der Waals surface area contributed by atoms with Crippen molar-refractivity contribution in [3.8, 4) is 0 Å². The summed E-state index contributed by atoms with van der Waals surface area (Å²) in [5.74, 6) is 0.733. The summed E-state index contributed by atoms with van der Waals surface area (Å²) in [6, 6.07) is 6.38. The molecule has 0 bridgehead atoms. The number of fused-ring (bicyclic) bond motifs is 1. The van der Waals surface area contributed by atoms with E-state index >= 15 is 0 Å². The second kappa shape index (κ2) is 5.96. The first-order valence-electron chi connectivity index (χ1n) is 7.86. The molecule has 4 rings (SSSR count). The van der Waals surface area contributed by atoms with Gasteiger partial charge in [-0.05, 0) is 18.2 Å². The molecule has 0 unspecified atom stereocenters. The monoisotopic (exact) mass is 309 g/mol. The third-order valence-corrected chi connectivity index (χ3v) is 4.28. The highest BCUT2D eigenvalue weighted by atomic mass is 16.3. The van der Waals surface area contributed by atoms with E-state index in [2.05, 4.69) is 43.0 Å². The molecule has 1 fully saturated rings. The van der Waals surface area contributed by atoms with Crippen molar-refractivity contribution < 1.29 is 4.42 Å². The number of hydrogen-bond donors (Lipinski definition) is 0. The highest BCUT2D eigenvalue weighted by molar-refractivity contribution is 5.81. The summed E-state index contributed by atoms with van der Waals surface area (Å²) in [6.45, 7) is 6.80. The Kier molecular flexibility index (Phi) is 3.67. The molecule has 0 atom stereocenters. The lowest BCUT2D eigenvalue weighted by atomic mass is 10.2. The zero-order valence-corrected chi connectivity index (χ0v) is 13.1. The van der Waals surface area contributed by atoms with Crippen LogP contribution < -0.4 is 4.90 Å². The highest BCUT2D eigenvalue weighted by Crippen LogP contribution is 2.21. The summed E-state index contributed by atoms with van der Waals surface area (Å²) in [7, 11) is 0. The molecule has 118 valence electrons. The van der Waals surface area contributed by atoms with Gasteiger partial charge in [0.2, 0.25) is 0 Å². The van der Waals surface area contributed by atoms with Crippen LogP contribution in [0.15, 0.2) is 41.4 Å². The van der Waals surface area contributed by atoms with Gasteiger partial charge in [-0.25, -0.2) is 15.0 Å². The van der Waals surface area contributed by atoms with Crippen molar-refractivity contribution in [3.63, 3.8) is 0 Å².